The van der Waals surface area contributed by atoms with Crippen LogP contribution < -0.4 is 9.47 Å². The fourth-order valence-corrected chi connectivity index (χ4v) is 2.57. The molecule has 1 aliphatic heterocycles. The molecule has 0 amide bonds. The van der Waals surface area contributed by atoms with E-state index < -0.39 is 6.10 Å². The quantitative estimate of drug-likeness (QED) is 0.915. The lowest BCUT2D eigenvalue weighted by Gasteiger charge is -2.30. The zero-order chi connectivity index (χ0) is 15.0. The lowest BCUT2D eigenvalue weighted by Crippen LogP contribution is -2.19. The number of benzene rings is 2. The van der Waals surface area contributed by atoms with Crippen molar-refractivity contribution >= 4 is 0 Å². The molecule has 110 valence electrons. The molecule has 1 N–H and O–H groups in total. The van der Waals surface area contributed by atoms with Gasteiger partial charge in [0.05, 0.1) is 13.2 Å². The largest absolute Gasteiger partial charge is 0.497 e. The number of fused-ring (bicyclic) bond motifs is 1. The van der Waals surface area contributed by atoms with E-state index in [2.05, 4.69) is 0 Å². The summed E-state index contributed by atoms with van der Waals surface area (Å²) < 4.78 is 24.7. The van der Waals surface area contributed by atoms with Gasteiger partial charge in [-0.3, -0.25) is 0 Å². The summed E-state index contributed by atoms with van der Waals surface area (Å²) in [5, 5.41) is 10.3. The smallest absolute Gasteiger partial charge is 0.127 e. The lowest BCUT2D eigenvalue weighted by atomic mass is 9.94. The van der Waals surface area contributed by atoms with Crippen molar-refractivity contribution in [3.63, 3.8) is 0 Å². The van der Waals surface area contributed by atoms with Crippen LogP contribution in [0.2, 0.25) is 0 Å². The monoisotopic (exact) mass is 288 g/mol. The number of aliphatic hydroxyl groups excluding tert-OH is 1. The van der Waals surface area contributed by atoms with Crippen molar-refractivity contribution in [2.45, 2.75) is 25.6 Å². The Kier molecular flexibility index (Phi) is 3.55. The summed E-state index contributed by atoms with van der Waals surface area (Å²) in [5.41, 5.74) is 2.04. The van der Waals surface area contributed by atoms with Gasteiger partial charge in [0.2, 0.25) is 0 Å². The molecule has 0 saturated carbocycles. The first-order valence-electron chi connectivity index (χ1n) is 6.87. The number of hydrogen-bond donors (Lipinski definition) is 1. The van der Waals surface area contributed by atoms with E-state index in [0.717, 1.165) is 5.56 Å². The average Bonchev–Trinajstić information content (AvgIpc) is 2.49. The van der Waals surface area contributed by atoms with Crippen molar-refractivity contribution in [1.29, 1.82) is 0 Å². The van der Waals surface area contributed by atoms with Crippen molar-refractivity contribution in [2.24, 2.45) is 0 Å². The van der Waals surface area contributed by atoms with Gasteiger partial charge in [0.15, 0.2) is 0 Å². The third kappa shape index (κ3) is 2.59. The second-order valence-electron chi connectivity index (χ2n) is 5.27. The van der Waals surface area contributed by atoms with Gasteiger partial charge in [-0.1, -0.05) is 12.1 Å². The Morgan fingerprint density at radius 2 is 2.05 bits per heavy atom. The van der Waals surface area contributed by atoms with E-state index >= 15 is 0 Å². The van der Waals surface area contributed by atoms with E-state index in [1.807, 2.05) is 6.07 Å². The molecule has 0 spiro atoms. The molecule has 2 atom stereocenters. The van der Waals surface area contributed by atoms with Gasteiger partial charge >= 0.3 is 0 Å². The molecule has 3 nitrogen and oxygen atoms in total. The van der Waals surface area contributed by atoms with Crippen LogP contribution in [0.1, 0.15) is 35.3 Å². The predicted octanol–water partition coefficient (Wildman–Crippen LogP) is 3.70. The summed E-state index contributed by atoms with van der Waals surface area (Å²) in [6.45, 7) is 1.72. The number of ether oxygens (including phenoxy) is 2. The highest BCUT2D eigenvalue weighted by Gasteiger charge is 2.28. The Morgan fingerprint density at radius 3 is 2.76 bits per heavy atom. The van der Waals surface area contributed by atoms with E-state index in [1.54, 1.807) is 38.3 Å². The van der Waals surface area contributed by atoms with Crippen LogP contribution in [-0.4, -0.2) is 12.2 Å². The van der Waals surface area contributed by atoms with E-state index in [0.29, 0.717) is 29.0 Å². The number of hydrogen-bond acceptors (Lipinski definition) is 3. The van der Waals surface area contributed by atoms with Crippen molar-refractivity contribution in [3.05, 3.63) is 58.9 Å². The first-order valence-corrected chi connectivity index (χ1v) is 6.87. The lowest BCUT2D eigenvalue weighted by molar-refractivity contribution is 0.0653. The van der Waals surface area contributed by atoms with Crippen LogP contribution in [0.4, 0.5) is 4.39 Å². The molecule has 2 aromatic carbocycles. The van der Waals surface area contributed by atoms with Gasteiger partial charge in [0, 0.05) is 12.0 Å². The Labute approximate surface area is 122 Å². The minimum atomic E-state index is -0.654. The second kappa shape index (κ2) is 5.37. The highest BCUT2D eigenvalue weighted by atomic mass is 19.1. The van der Waals surface area contributed by atoms with Crippen LogP contribution in [0.15, 0.2) is 36.4 Å². The molecule has 0 aliphatic carbocycles. The van der Waals surface area contributed by atoms with Crippen LogP contribution in [0, 0.1) is 12.7 Å². The molecule has 0 radical (unpaired) electrons. The molecule has 1 heterocycles. The van der Waals surface area contributed by atoms with Gasteiger partial charge in [-0.15, -0.1) is 0 Å². The zero-order valence-corrected chi connectivity index (χ0v) is 12.0. The Balaban J connectivity index is 1.92. The zero-order valence-electron chi connectivity index (χ0n) is 12.0. The molecular formula is C17H17FO3. The van der Waals surface area contributed by atoms with Gasteiger partial charge in [-0.25, -0.2) is 4.39 Å². The Bertz CT molecular complexity index is 669. The van der Waals surface area contributed by atoms with E-state index in [1.165, 1.54) is 6.07 Å². The van der Waals surface area contributed by atoms with Crippen LogP contribution in [0.5, 0.6) is 11.5 Å². The Hall–Kier alpha value is -2.07. The first kappa shape index (κ1) is 13.9. The minimum absolute atomic E-state index is 0.258. The first-order chi connectivity index (χ1) is 10.1. The van der Waals surface area contributed by atoms with Gasteiger partial charge in [-0.2, -0.15) is 0 Å². The molecule has 0 bridgehead atoms. The molecule has 2 unspecified atom stereocenters. The van der Waals surface area contributed by atoms with Gasteiger partial charge in [-0.05, 0) is 42.3 Å². The maximum atomic E-state index is 13.7. The molecule has 1 aliphatic rings. The van der Waals surface area contributed by atoms with Crippen LogP contribution in [-0.2, 0) is 0 Å². The summed E-state index contributed by atoms with van der Waals surface area (Å²) in [7, 11) is 1.58. The molecule has 0 saturated heterocycles. The SMILES string of the molecule is COc1ccc2c(c1)C(O)CC(c1ccc(C)c(F)c1)O2. The number of methoxy groups -OCH3 is 1. The molecule has 2 aromatic rings. The third-order valence-electron chi connectivity index (χ3n) is 3.85. The van der Waals surface area contributed by atoms with E-state index in [9.17, 15) is 9.50 Å². The fraction of sp³-hybridized carbons (Fsp3) is 0.294. The Morgan fingerprint density at radius 1 is 1.24 bits per heavy atom. The second-order valence-corrected chi connectivity index (χ2v) is 5.27. The van der Waals surface area contributed by atoms with Crippen molar-refractivity contribution < 1.29 is 19.0 Å². The third-order valence-corrected chi connectivity index (χ3v) is 3.85. The number of aliphatic hydroxyl groups is 1. The molecule has 21 heavy (non-hydrogen) atoms. The van der Waals surface area contributed by atoms with E-state index in [-0.39, 0.29) is 11.9 Å². The fourth-order valence-electron chi connectivity index (χ4n) is 2.57. The van der Waals surface area contributed by atoms with Crippen molar-refractivity contribution in [2.75, 3.05) is 7.11 Å². The number of aryl methyl sites for hydroxylation is 1. The molecular weight excluding hydrogens is 271 g/mol. The van der Waals surface area contributed by atoms with Gasteiger partial charge in [0.25, 0.3) is 0 Å². The topological polar surface area (TPSA) is 38.7 Å². The summed E-state index contributed by atoms with van der Waals surface area (Å²) in [5.74, 6) is 1.03. The van der Waals surface area contributed by atoms with Crippen molar-refractivity contribution in [3.8, 4) is 11.5 Å². The number of halogens is 1. The predicted molar refractivity (Wildman–Crippen MR) is 77.1 cm³/mol. The molecule has 4 heteroatoms. The average molecular weight is 288 g/mol. The minimum Gasteiger partial charge on any atom is -0.497 e. The van der Waals surface area contributed by atoms with Gasteiger partial charge < -0.3 is 14.6 Å². The van der Waals surface area contributed by atoms with Crippen LogP contribution in [0.3, 0.4) is 0 Å². The summed E-state index contributed by atoms with van der Waals surface area (Å²) >= 11 is 0. The molecule has 0 aromatic heterocycles. The molecule has 3 rings (SSSR count). The summed E-state index contributed by atoms with van der Waals surface area (Å²) in [4.78, 5) is 0. The van der Waals surface area contributed by atoms with Crippen molar-refractivity contribution in [1.82, 2.24) is 0 Å². The standard InChI is InChI=1S/C17H17FO3/c1-10-3-4-11(7-14(10)18)17-9-15(19)13-8-12(20-2)5-6-16(13)21-17/h3-8,15,17,19H,9H2,1-2H3. The summed E-state index contributed by atoms with van der Waals surface area (Å²) in [6.07, 6.45) is -0.614. The van der Waals surface area contributed by atoms with Crippen LogP contribution >= 0.6 is 0 Å². The summed E-state index contributed by atoms with van der Waals surface area (Å²) in [6, 6.07) is 10.4. The number of rotatable bonds is 2. The highest BCUT2D eigenvalue weighted by Crippen LogP contribution is 2.42. The van der Waals surface area contributed by atoms with E-state index in [4.69, 9.17) is 9.47 Å². The van der Waals surface area contributed by atoms with Gasteiger partial charge in [0.1, 0.15) is 23.4 Å². The maximum Gasteiger partial charge on any atom is 0.127 e. The highest BCUT2D eigenvalue weighted by molar-refractivity contribution is 5.44. The van der Waals surface area contributed by atoms with Crippen LogP contribution in [0.25, 0.3) is 0 Å². The normalized spacial score (nSPS) is 20.6. The molecule has 0 fully saturated rings. The maximum absolute atomic E-state index is 13.7.